The summed E-state index contributed by atoms with van der Waals surface area (Å²) in [7, 11) is 0. The number of hydrogen-bond donors (Lipinski definition) is 1. The molecule has 2 aromatic rings. The van der Waals surface area contributed by atoms with Crippen molar-refractivity contribution in [1.82, 2.24) is 14.9 Å². The minimum Gasteiger partial charge on any atom is -0.329 e. The van der Waals surface area contributed by atoms with Crippen LogP contribution in [0.3, 0.4) is 0 Å². The zero-order valence-electron chi connectivity index (χ0n) is 11.7. The van der Waals surface area contributed by atoms with Gasteiger partial charge in [0.2, 0.25) is 0 Å². The fourth-order valence-corrected chi connectivity index (χ4v) is 2.17. The molecule has 0 saturated heterocycles. The summed E-state index contributed by atoms with van der Waals surface area (Å²) in [5.74, 6) is 1.12. The number of hydrogen-bond acceptors (Lipinski definition) is 2. The summed E-state index contributed by atoms with van der Waals surface area (Å²) in [6.07, 6.45) is 3.58. The molecule has 1 aromatic heterocycles. The molecule has 0 bridgehead atoms. The second kappa shape index (κ2) is 6.86. The first kappa shape index (κ1) is 15.0. The molecule has 0 aliphatic carbocycles. The Labute approximate surface area is 123 Å². The van der Waals surface area contributed by atoms with Gasteiger partial charge in [-0.15, -0.1) is 0 Å². The van der Waals surface area contributed by atoms with E-state index in [2.05, 4.69) is 24.1 Å². The van der Waals surface area contributed by atoms with Crippen LogP contribution in [0.2, 0.25) is 5.02 Å². The van der Waals surface area contributed by atoms with Crippen molar-refractivity contribution in [3.8, 4) is 0 Å². The van der Waals surface area contributed by atoms with Crippen LogP contribution in [-0.2, 0) is 13.1 Å². The lowest BCUT2D eigenvalue weighted by Crippen LogP contribution is -2.21. The molecule has 0 saturated carbocycles. The van der Waals surface area contributed by atoms with Crippen molar-refractivity contribution < 1.29 is 4.39 Å². The Hall–Kier alpha value is -1.39. The third-order valence-corrected chi connectivity index (χ3v) is 3.30. The van der Waals surface area contributed by atoms with Crippen molar-refractivity contribution in [2.75, 3.05) is 6.54 Å². The maximum Gasteiger partial charge on any atom is 0.146 e. The van der Waals surface area contributed by atoms with Gasteiger partial charge in [0.05, 0.1) is 18.1 Å². The number of benzene rings is 1. The van der Waals surface area contributed by atoms with Crippen molar-refractivity contribution in [3.63, 3.8) is 0 Å². The lowest BCUT2D eigenvalue weighted by atomic mass is 10.2. The van der Waals surface area contributed by atoms with E-state index in [1.165, 1.54) is 0 Å². The Morgan fingerprint density at radius 3 is 2.95 bits per heavy atom. The Kier molecular flexibility index (Phi) is 5.15. The highest BCUT2D eigenvalue weighted by Gasteiger charge is 2.09. The van der Waals surface area contributed by atoms with Gasteiger partial charge in [-0.1, -0.05) is 37.6 Å². The van der Waals surface area contributed by atoms with Gasteiger partial charge in [-0.05, 0) is 18.5 Å². The van der Waals surface area contributed by atoms with Gasteiger partial charge in [-0.3, -0.25) is 0 Å². The SMILES string of the molecule is CC(C)CNCc1nccn1Cc1cccc(Cl)c1F. The average molecular weight is 296 g/mol. The molecule has 0 spiro atoms. The first-order valence-electron chi connectivity index (χ1n) is 6.71. The van der Waals surface area contributed by atoms with Crippen molar-refractivity contribution in [3.05, 3.63) is 52.8 Å². The number of nitrogens with one attached hydrogen (secondary N) is 1. The van der Waals surface area contributed by atoms with Gasteiger partial charge >= 0.3 is 0 Å². The van der Waals surface area contributed by atoms with E-state index in [0.717, 1.165) is 12.4 Å². The minimum atomic E-state index is -0.357. The van der Waals surface area contributed by atoms with Gasteiger partial charge in [0.15, 0.2) is 0 Å². The molecule has 0 atom stereocenters. The smallest absolute Gasteiger partial charge is 0.146 e. The van der Waals surface area contributed by atoms with E-state index in [9.17, 15) is 4.39 Å². The topological polar surface area (TPSA) is 29.9 Å². The van der Waals surface area contributed by atoms with E-state index in [-0.39, 0.29) is 10.8 Å². The predicted octanol–water partition coefficient (Wildman–Crippen LogP) is 3.47. The summed E-state index contributed by atoms with van der Waals surface area (Å²) in [4.78, 5) is 4.31. The molecule has 0 radical (unpaired) electrons. The number of rotatable bonds is 6. The lowest BCUT2D eigenvalue weighted by molar-refractivity contribution is 0.530. The number of nitrogens with zero attached hydrogens (tertiary/aromatic N) is 2. The summed E-state index contributed by atoms with van der Waals surface area (Å²) >= 11 is 5.80. The summed E-state index contributed by atoms with van der Waals surface area (Å²) in [5.41, 5.74) is 0.570. The summed E-state index contributed by atoms with van der Waals surface area (Å²) < 4.78 is 15.8. The lowest BCUT2D eigenvalue weighted by Gasteiger charge is -2.11. The number of halogens is 2. The second-order valence-corrected chi connectivity index (χ2v) is 5.62. The summed E-state index contributed by atoms with van der Waals surface area (Å²) in [6, 6.07) is 5.06. The monoisotopic (exact) mass is 295 g/mol. The molecule has 2 rings (SSSR count). The van der Waals surface area contributed by atoms with Crippen molar-refractivity contribution in [1.29, 1.82) is 0 Å². The highest BCUT2D eigenvalue weighted by Crippen LogP contribution is 2.19. The van der Waals surface area contributed by atoms with Gasteiger partial charge in [0.25, 0.3) is 0 Å². The molecule has 1 N–H and O–H groups in total. The van der Waals surface area contributed by atoms with Gasteiger partial charge < -0.3 is 9.88 Å². The molecule has 108 valence electrons. The Morgan fingerprint density at radius 1 is 1.40 bits per heavy atom. The molecule has 0 fully saturated rings. The normalized spacial score (nSPS) is 11.2. The first-order chi connectivity index (χ1) is 9.58. The highest BCUT2D eigenvalue weighted by molar-refractivity contribution is 6.30. The largest absolute Gasteiger partial charge is 0.329 e. The molecule has 0 aliphatic rings. The molecule has 0 aliphatic heterocycles. The highest BCUT2D eigenvalue weighted by atomic mass is 35.5. The third kappa shape index (κ3) is 3.81. The van der Waals surface area contributed by atoms with Crippen LogP contribution in [0.15, 0.2) is 30.6 Å². The van der Waals surface area contributed by atoms with Crippen molar-refractivity contribution >= 4 is 11.6 Å². The van der Waals surface area contributed by atoms with Crippen LogP contribution < -0.4 is 5.32 Å². The Bertz CT molecular complexity index is 566. The Balaban J connectivity index is 2.06. The van der Waals surface area contributed by atoms with Crippen LogP contribution in [0.5, 0.6) is 0 Å². The molecular formula is C15H19ClFN3. The first-order valence-corrected chi connectivity index (χ1v) is 7.09. The van der Waals surface area contributed by atoms with Gasteiger partial charge in [0, 0.05) is 18.0 Å². The summed E-state index contributed by atoms with van der Waals surface area (Å²) in [5, 5.41) is 3.49. The van der Waals surface area contributed by atoms with Crippen LogP contribution in [0.4, 0.5) is 4.39 Å². The van der Waals surface area contributed by atoms with Crippen LogP contribution in [0.25, 0.3) is 0 Å². The molecule has 0 unspecified atom stereocenters. The zero-order chi connectivity index (χ0) is 14.5. The molecule has 20 heavy (non-hydrogen) atoms. The molecule has 3 nitrogen and oxygen atoms in total. The predicted molar refractivity (Wildman–Crippen MR) is 79.3 cm³/mol. The minimum absolute atomic E-state index is 0.155. The van der Waals surface area contributed by atoms with Crippen LogP contribution in [0, 0.1) is 11.7 Å². The van der Waals surface area contributed by atoms with E-state index >= 15 is 0 Å². The summed E-state index contributed by atoms with van der Waals surface area (Å²) in [6.45, 7) is 6.35. The third-order valence-electron chi connectivity index (χ3n) is 3.01. The fraction of sp³-hybridized carbons (Fsp3) is 0.400. The maximum absolute atomic E-state index is 13.9. The van der Waals surface area contributed by atoms with Crippen LogP contribution in [0.1, 0.15) is 25.2 Å². The zero-order valence-corrected chi connectivity index (χ0v) is 12.5. The second-order valence-electron chi connectivity index (χ2n) is 5.21. The molecule has 1 heterocycles. The average Bonchev–Trinajstić information content (AvgIpc) is 2.82. The number of imidazole rings is 1. The van der Waals surface area contributed by atoms with E-state index < -0.39 is 0 Å². The number of aromatic nitrogens is 2. The molecule has 5 heteroatoms. The standard InChI is InChI=1S/C15H19ClFN3/c1-11(2)8-18-9-14-19-6-7-20(14)10-12-4-3-5-13(16)15(12)17/h3-7,11,18H,8-10H2,1-2H3. The van der Waals surface area contributed by atoms with E-state index in [1.807, 2.05) is 10.8 Å². The fourth-order valence-electron chi connectivity index (χ4n) is 1.98. The van der Waals surface area contributed by atoms with Crippen LogP contribution in [-0.4, -0.2) is 16.1 Å². The van der Waals surface area contributed by atoms with Crippen molar-refractivity contribution in [2.45, 2.75) is 26.9 Å². The van der Waals surface area contributed by atoms with Crippen LogP contribution >= 0.6 is 11.6 Å². The molecular weight excluding hydrogens is 277 g/mol. The van der Waals surface area contributed by atoms with E-state index in [4.69, 9.17) is 11.6 Å². The quantitative estimate of drug-likeness (QED) is 0.884. The Morgan fingerprint density at radius 2 is 2.20 bits per heavy atom. The van der Waals surface area contributed by atoms with Gasteiger partial charge in [0.1, 0.15) is 11.6 Å². The van der Waals surface area contributed by atoms with E-state index in [1.54, 1.807) is 24.4 Å². The molecule has 0 amide bonds. The van der Waals surface area contributed by atoms with Gasteiger partial charge in [-0.25, -0.2) is 9.37 Å². The molecule has 1 aromatic carbocycles. The maximum atomic E-state index is 13.9. The van der Waals surface area contributed by atoms with Gasteiger partial charge in [-0.2, -0.15) is 0 Å². The van der Waals surface area contributed by atoms with Crippen molar-refractivity contribution in [2.24, 2.45) is 5.92 Å². The van der Waals surface area contributed by atoms with E-state index in [0.29, 0.717) is 24.6 Å².